The van der Waals surface area contributed by atoms with E-state index in [-0.39, 0.29) is 11.8 Å². The van der Waals surface area contributed by atoms with Crippen LogP contribution in [-0.2, 0) is 14.8 Å². The zero-order valence-corrected chi connectivity index (χ0v) is 18.3. The summed E-state index contributed by atoms with van der Waals surface area (Å²) in [5, 5.41) is 4.84. The summed E-state index contributed by atoms with van der Waals surface area (Å²) in [5.74, 6) is 0.294. The molecule has 1 N–H and O–H groups in total. The molecule has 0 atom stereocenters. The van der Waals surface area contributed by atoms with Crippen molar-refractivity contribution >= 4 is 32.4 Å². The van der Waals surface area contributed by atoms with Crippen LogP contribution < -0.4 is 10.1 Å². The highest BCUT2D eigenvalue weighted by atomic mass is 32.2. The van der Waals surface area contributed by atoms with E-state index >= 15 is 0 Å². The van der Waals surface area contributed by atoms with Crippen LogP contribution >= 0.6 is 0 Å². The van der Waals surface area contributed by atoms with Crippen molar-refractivity contribution in [2.75, 3.05) is 25.0 Å². The Morgan fingerprint density at radius 3 is 2.42 bits per heavy atom. The van der Waals surface area contributed by atoms with Crippen molar-refractivity contribution < 1.29 is 17.9 Å². The third kappa shape index (κ3) is 4.57. The Kier molecular flexibility index (Phi) is 6.25. The number of amides is 1. The van der Waals surface area contributed by atoms with Crippen molar-refractivity contribution in [3.63, 3.8) is 0 Å². The van der Waals surface area contributed by atoms with Crippen LogP contribution in [-0.4, -0.2) is 38.3 Å². The number of benzene rings is 3. The number of ether oxygens (including phenoxy) is 1. The zero-order chi connectivity index (χ0) is 21.8. The Labute approximate surface area is 182 Å². The van der Waals surface area contributed by atoms with Crippen molar-refractivity contribution in [2.24, 2.45) is 5.92 Å². The first-order chi connectivity index (χ1) is 15.0. The van der Waals surface area contributed by atoms with Gasteiger partial charge in [0, 0.05) is 19.0 Å². The molecule has 0 unspecified atom stereocenters. The van der Waals surface area contributed by atoms with Gasteiger partial charge in [-0.25, -0.2) is 8.42 Å². The molecule has 162 valence electrons. The predicted octanol–water partition coefficient (Wildman–Crippen LogP) is 4.28. The van der Waals surface area contributed by atoms with Gasteiger partial charge in [0.05, 0.1) is 17.2 Å². The summed E-state index contributed by atoms with van der Waals surface area (Å²) in [6.45, 7) is 3.04. The molecule has 7 heteroatoms. The molecule has 4 rings (SSSR count). The lowest BCUT2D eigenvalue weighted by Gasteiger charge is -2.30. The van der Waals surface area contributed by atoms with E-state index in [4.69, 9.17) is 4.74 Å². The molecule has 0 radical (unpaired) electrons. The van der Waals surface area contributed by atoms with Gasteiger partial charge in [0.25, 0.3) is 0 Å². The number of anilines is 1. The molecule has 1 aliphatic rings. The summed E-state index contributed by atoms with van der Waals surface area (Å²) >= 11 is 0. The lowest BCUT2D eigenvalue weighted by molar-refractivity contribution is -0.120. The average molecular weight is 439 g/mol. The Bertz CT molecular complexity index is 1180. The summed E-state index contributed by atoms with van der Waals surface area (Å²) in [6, 6.07) is 20.2. The average Bonchev–Trinajstić information content (AvgIpc) is 2.80. The minimum absolute atomic E-state index is 0.102. The number of para-hydroxylation sites is 2. The van der Waals surface area contributed by atoms with Crippen LogP contribution in [0, 0.1) is 5.92 Å². The van der Waals surface area contributed by atoms with Gasteiger partial charge in [0.1, 0.15) is 5.75 Å². The maximum atomic E-state index is 13.1. The molecule has 0 bridgehead atoms. The molecule has 0 aliphatic carbocycles. The van der Waals surface area contributed by atoms with Gasteiger partial charge in [-0.1, -0.05) is 42.5 Å². The molecule has 31 heavy (non-hydrogen) atoms. The van der Waals surface area contributed by atoms with Gasteiger partial charge < -0.3 is 10.1 Å². The van der Waals surface area contributed by atoms with Crippen LogP contribution in [0.25, 0.3) is 10.8 Å². The van der Waals surface area contributed by atoms with Crippen molar-refractivity contribution in [2.45, 2.75) is 24.7 Å². The summed E-state index contributed by atoms with van der Waals surface area (Å²) in [4.78, 5) is 13.1. The molecular formula is C24H26N2O4S. The number of carbonyl (C=O) groups is 1. The fourth-order valence-electron chi connectivity index (χ4n) is 3.92. The molecule has 1 amide bonds. The fourth-order valence-corrected chi connectivity index (χ4v) is 5.43. The van der Waals surface area contributed by atoms with E-state index in [0.717, 1.165) is 10.8 Å². The molecule has 1 fully saturated rings. The molecule has 1 aliphatic heterocycles. The van der Waals surface area contributed by atoms with Gasteiger partial charge in [0.2, 0.25) is 15.9 Å². The first-order valence-electron chi connectivity index (χ1n) is 10.5. The molecule has 3 aromatic carbocycles. The number of carbonyl (C=O) groups excluding carboxylic acids is 1. The van der Waals surface area contributed by atoms with Crippen molar-refractivity contribution in [3.8, 4) is 5.75 Å². The molecule has 0 spiro atoms. The lowest BCUT2D eigenvalue weighted by atomic mass is 9.97. The minimum Gasteiger partial charge on any atom is -0.492 e. The highest BCUT2D eigenvalue weighted by Gasteiger charge is 2.32. The first-order valence-corrected chi connectivity index (χ1v) is 11.9. The molecule has 0 aromatic heterocycles. The maximum absolute atomic E-state index is 13.1. The van der Waals surface area contributed by atoms with Gasteiger partial charge in [-0.2, -0.15) is 4.31 Å². The van der Waals surface area contributed by atoms with E-state index in [0.29, 0.717) is 48.9 Å². The highest BCUT2D eigenvalue weighted by Crippen LogP contribution is 2.29. The third-order valence-electron chi connectivity index (χ3n) is 5.63. The third-order valence-corrected chi connectivity index (χ3v) is 7.52. The Morgan fingerprint density at radius 1 is 1.00 bits per heavy atom. The number of nitrogens with one attached hydrogen (secondary N) is 1. The second-order valence-electron chi connectivity index (χ2n) is 7.61. The summed E-state index contributed by atoms with van der Waals surface area (Å²) in [6.07, 6.45) is 0.963. The molecular weight excluding hydrogens is 412 g/mol. The largest absolute Gasteiger partial charge is 0.492 e. The zero-order valence-electron chi connectivity index (χ0n) is 17.5. The molecule has 0 saturated carbocycles. The van der Waals surface area contributed by atoms with Crippen LogP contribution in [0.3, 0.4) is 0 Å². The first kappa shape index (κ1) is 21.3. The molecule has 1 heterocycles. The fraction of sp³-hybridized carbons (Fsp3) is 0.292. The predicted molar refractivity (Wildman–Crippen MR) is 122 cm³/mol. The molecule has 3 aromatic rings. The van der Waals surface area contributed by atoms with Crippen LogP contribution in [0.4, 0.5) is 5.69 Å². The van der Waals surface area contributed by atoms with E-state index in [2.05, 4.69) is 5.32 Å². The van der Waals surface area contributed by atoms with E-state index in [1.807, 2.05) is 61.5 Å². The SMILES string of the molecule is CCOc1ccccc1NC(=O)C1CCN(S(=O)(=O)c2ccc3ccccc3c2)CC1. The van der Waals surface area contributed by atoms with Gasteiger partial charge in [-0.15, -0.1) is 0 Å². The van der Waals surface area contributed by atoms with Crippen LogP contribution in [0.15, 0.2) is 71.6 Å². The van der Waals surface area contributed by atoms with Crippen LogP contribution in [0.1, 0.15) is 19.8 Å². The summed E-state index contributed by atoms with van der Waals surface area (Å²) in [7, 11) is -3.59. The monoisotopic (exact) mass is 438 g/mol. The summed E-state index contributed by atoms with van der Waals surface area (Å²) < 4.78 is 33.3. The van der Waals surface area contributed by atoms with Crippen LogP contribution in [0.2, 0.25) is 0 Å². The Balaban J connectivity index is 1.42. The number of nitrogens with zero attached hydrogens (tertiary/aromatic N) is 1. The van der Waals surface area contributed by atoms with Crippen molar-refractivity contribution in [1.82, 2.24) is 4.31 Å². The summed E-state index contributed by atoms with van der Waals surface area (Å²) in [5.41, 5.74) is 0.639. The van der Waals surface area contributed by atoms with E-state index in [9.17, 15) is 13.2 Å². The number of rotatable bonds is 6. The maximum Gasteiger partial charge on any atom is 0.243 e. The Morgan fingerprint density at radius 2 is 1.68 bits per heavy atom. The quantitative estimate of drug-likeness (QED) is 0.623. The van der Waals surface area contributed by atoms with Gasteiger partial charge in [-0.3, -0.25) is 4.79 Å². The van der Waals surface area contributed by atoms with Crippen molar-refractivity contribution in [3.05, 3.63) is 66.7 Å². The van der Waals surface area contributed by atoms with Gasteiger partial charge >= 0.3 is 0 Å². The molecule has 1 saturated heterocycles. The van der Waals surface area contributed by atoms with Crippen LogP contribution in [0.5, 0.6) is 5.75 Å². The topological polar surface area (TPSA) is 75.7 Å². The highest BCUT2D eigenvalue weighted by molar-refractivity contribution is 7.89. The normalized spacial score (nSPS) is 15.6. The standard InChI is InChI=1S/C24H26N2O4S/c1-2-30-23-10-6-5-9-22(23)25-24(27)19-13-15-26(16-14-19)31(28,29)21-12-11-18-7-3-4-8-20(18)17-21/h3-12,17,19H,2,13-16H2,1H3,(H,25,27). The lowest BCUT2D eigenvalue weighted by Crippen LogP contribution is -2.41. The number of hydrogen-bond acceptors (Lipinski definition) is 4. The van der Waals surface area contributed by atoms with E-state index in [1.165, 1.54) is 4.31 Å². The Hall–Kier alpha value is -2.90. The smallest absolute Gasteiger partial charge is 0.243 e. The van der Waals surface area contributed by atoms with Gasteiger partial charge in [-0.05, 0) is 54.8 Å². The van der Waals surface area contributed by atoms with Crippen molar-refractivity contribution in [1.29, 1.82) is 0 Å². The number of sulfonamides is 1. The minimum atomic E-state index is -3.59. The van der Waals surface area contributed by atoms with E-state index in [1.54, 1.807) is 12.1 Å². The van der Waals surface area contributed by atoms with Gasteiger partial charge in [0.15, 0.2) is 0 Å². The second-order valence-corrected chi connectivity index (χ2v) is 9.54. The number of piperidine rings is 1. The second kappa shape index (κ2) is 9.08. The molecule has 6 nitrogen and oxygen atoms in total. The number of fused-ring (bicyclic) bond motifs is 1. The number of hydrogen-bond donors (Lipinski definition) is 1. The van der Waals surface area contributed by atoms with E-state index < -0.39 is 10.0 Å².